The van der Waals surface area contributed by atoms with Crippen LogP contribution < -0.4 is 5.32 Å². The first-order chi connectivity index (χ1) is 9.31. The van der Waals surface area contributed by atoms with Crippen LogP contribution in [0, 0.1) is 0 Å². The second kappa shape index (κ2) is 7.45. The van der Waals surface area contributed by atoms with Crippen LogP contribution in [0.3, 0.4) is 0 Å². The predicted octanol–water partition coefficient (Wildman–Crippen LogP) is 3.61. The van der Waals surface area contributed by atoms with Crippen molar-refractivity contribution in [2.75, 3.05) is 11.9 Å². The van der Waals surface area contributed by atoms with Gasteiger partial charge in [-0.05, 0) is 30.1 Å². The summed E-state index contributed by atoms with van der Waals surface area (Å²) >= 11 is 3.17. The van der Waals surface area contributed by atoms with E-state index in [0.29, 0.717) is 0 Å². The van der Waals surface area contributed by atoms with Crippen molar-refractivity contribution in [1.29, 1.82) is 0 Å². The van der Waals surface area contributed by atoms with Gasteiger partial charge in [-0.1, -0.05) is 31.7 Å². The topological polar surface area (TPSA) is 50.7 Å². The van der Waals surface area contributed by atoms with Gasteiger partial charge in [0, 0.05) is 18.7 Å². The first-order valence-electron chi connectivity index (χ1n) is 6.47. The highest BCUT2D eigenvalue weighted by atomic mass is 32.2. The van der Waals surface area contributed by atoms with Crippen molar-refractivity contribution in [1.82, 2.24) is 14.3 Å². The largest absolute Gasteiger partial charge is 0.370 e. The fraction of sp³-hybridized carbons (Fsp3) is 0.462. The Bertz CT molecular complexity index is 513. The van der Waals surface area contributed by atoms with E-state index in [1.807, 2.05) is 18.2 Å². The van der Waals surface area contributed by atoms with E-state index in [2.05, 4.69) is 33.5 Å². The fourth-order valence-electron chi connectivity index (χ4n) is 1.49. The lowest BCUT2D eigenvalue weighted by atomic mass is 10.3. The summed E-state index contributed by atoms with van der Waals surface area (Å²) in [6.45, 7) is 5.17. The Morgan fingerprint density at radius 1 is 1.26 bits per heavy atom. The molecule has 2 rings (SSSR count). The zero-order chi connectivity index (χ0) is 13.5. The molecule has 0 spiro atoms. The van der Waals surface area contributed by atoms with Gasteiger partial charge in [0.1, 0.15) is 11.6 Å². The van der Waals surface area contributed by atoms with Crippen molar-refractivity contribution in [3.8, 4) is 0 Å². The van der Waals surface area contributed by atoms with Crippen LogP contribution in [0.15, 0.2) is 22.5 Å². The molecule has 0 amide bonds. The summed E-state index contributed by atoms with van der Waals surface area (Å²) in [6.07, 6.45) is 2.00. The van der Waals surface area contributed by atoms with Crippen LogP contribution in [-0.2, 0) is 12.2 Å². The highest BCUT2D eigenvalue weighted by molar-refractivity contribution is 8.00. The summed E-state index contributed by atoms with van der Waals surface area (Å²) < 4.78 is 5.30. The molecule has 0 saturated carbocycles. The zero-order valence-corrected chi connectivity index (χ0v) is 12.9. The number of thioether (sulfide) groups is 1. The third kappa shape index (κ3) is 4.47. The van der Waals surface area contributed by atoms with Crippen LogP contribution in [-0.4, -0.2) is 20.9 Å². The van der Waals surface area contributed by atoms with Gasteiger partial charge in [0.05, 0.1) is 5.69 Å². The number of nitrogens with one attached hydrogen (secondary N) is 1. The average Bonchev–Trinajstić information content (AvgIpc) is 2.91. The van der Waals surface area contributed by atoms with Gasteiger partial charge in [-0.25, -0.2) is 9.97 Å². The molecule has 6 heteroatoms. The standard InChI is InChI=1S/C13H18N4S2/c1-3-8-14-12-7-5-6-10(15-12)9-18-13-16-11(4-2)17-19-13/h5-7H,3-4,8-9H2,1-2H3,(H,14,15). The van der Waals surface area contributed by atoms with E-state index < -0.39 is 0 Å². The van der Waals surface area contributed by atoms with Gasteiger partial charge in [-0.2, -0.15) is 4.37 Å². The average molecular weight is 294 g/mol. The van der Waals surface area contributed by atoms with E-state index in [9.17, 15) is 0 Å². The molecular formula is C13H18N4S2. The molecule has 1 N–H and O–H groups in total. The maximum atomic E-state index is 4.58. The van der Waals surface area contributed by atoms with Crippen molar-refractivity contribution >= 4 is 29.1 Å². The highest BCUT2D eigenvalue weighted by Gasteiger charge is 2.04. The summed E-state index contributed by atoms with van der Waals surface area (Å²) in [4.78, 5) is 9.02. The van der Waals surface area contributed by atoms with Crippen molar-refractivity contribution in [3.63, 3.8) is 0 Å². The van der Waals surface area contributed by atoms with Crippen molar-refractivity contribution in [3.05, 3.63) is 29.7 Å². The Hall–Kier alpha value is -1.14. The number of nitrogens with zero attached hydrogens (tertiary/aromatic N) is 3. The summed E-state index contributed by atoms with van der Waals surface area (Å²) in [5.74, 6) is 2.71. The normalized spacial score (nSPS) is 10.6. The molecule has 0 aliphatic heterocycles. The summed E-state index contributed by atoms with van der Waals surface area (Å²) in [6, 6.07) is 6.09. The minimum absolute atomic E-state index is 0.833. The molecule has 0 unspecified atom stereocenters. The van der Waals surface area contributed by atoms with E-state index in [1.54, 1.807) is 11.8 Å². The van der Waals surface area contributed by atoms with Crippen LogP contribution in [0.1, 0.15) is 31.8 Å². The molecule has 2 aromatic heterocycles. The molecule has 0 saturated heterocycles. The van der Waals surface area contributed by atoms with Crippen LogP contribution >= 0.6 is 23.3 Å². The van der Waals surface area contributed by atoms with Crippen molar-refractivity contribution < 1.29 is 0 Å². The SMILES string of the molecule is CCCNc1cccc(CSc2nc(CC)ns2)n1. The first kappa shape index (κ1) is 14.3. The van der Waals surface area contributed by atoms with E-state index in [0.717, 1.165) is 46.8 Å². The Morgan fingerprint density at radius 2 is 2.16 bits per heavy atom. The van der Waals surface area contributed by atoms with Crippen LogP contribution in [0.25, 0.3) is 0 Å². The predicted molar refractivity (Wildman–Crippen MR) is 81.9 cm³/mol. The Morgan fingerprint density at radius 3 is 2.89 bits per heavy atom. The van der Waals surface area contributed by atoms with Gasteiger partial charge in [-0.15, -0.1) is 0 Å². The lowest BCUT2D eigenvalue weighted by molar-refractivity contribution is 0.964. The van der Waals surface area contributed by atoms with Gasteiger partial charge in [0.2, 0.25) is 0 Å². The van der Waals surface area contributed by atoms with E-state index in [4.69, 9.17) is 0 Å². The van der Waals surface area contributed by atoms with Crippen LogP contribution in [0.5, 0.6) is 0 Å². The van der Waals surface area contributed by atoms with Crippen molar-refractivity contribution in [2.45, 2.75) is 36.8 Å². The Kier molecular flexibility index (Phi) is 5.60. The van der Waals surface area contributed by atoms with Gasteiger partial charge >= 0.3 is 0 Å². The second-order valence-corrected chi connectivity index (χ2v) is 6.03. The maximum Gasteiger partial charge on any atom is 0.170 e. The van der Waals surface area contributed by atoms with Crippen molar-refractivity contribution in [2.24, 2.45) is 0 Å². The molecule has 0 aliphatic rings. The summed E-state index contributed by atoms with van der Waals surface area (Å²) in [7, 11) is 0. The number of aryl methyl sites for hydroxylation is 1. The minimum atomic E-state index is 0.833. The first-order valence-corrected chi connectivity index (χ1v) is 8.23. The third-order valence-electron chi connectivity index (χ3n) is 2.47. The molecule has 102 valence electrons. The smallest absolute Gasteiger partial charge is 0.170 e. The molecule has 2 aromatic rings. The molecule has 0 atom stereocenters. The zero-order valence-electron chi connectivity index (χ0n) is 11.2. The molecule has 4 nitrogen and oxygen atoms in total. The molecule has 19 heavy (non-hydrogen) atoms. The molecule has 0 aliphatic carbocycles. The molecular weight excluding hydrogens is 276 g/mol. The van der Waals surface area contributed by atoms with Crippen LogP contribution in [0.4, 0.5) is 5.82 Å². The number of pyridine rings is 1. The van der Waals surface area contributed by atoms with Gasteiger partial charge < -0.3 is 5.32 Å². The number of anilines is 1. The molecule has 0 fully saturated rings. The number of hydrogen-bond donors (Lipinski definition) is 1. The monoisotopic (exact) mass is 294 g/mol. The maximum absolute atomic E-state index is 4.58. The number of hydrogen-bond acceptors (Lipinski definition) is 6. The molecule has 0 radical (unpaired) electrons. The molecule has 0 bridgehead atoms. The van der Waals surface area contributed by atoms with E-state index in [-0.39, 0.29) is 0 Å². The van der Waals surface area contributed by atoms with Gasteiger partial charge in [0.25, 0.3) is 0 Å². The summed E-state index contributed by atoms with van der Waals surface area (Å²) in [5, 5.41) is 3.30. The van der Waals surface area contributed by atoms with E-state index in [1.165, 1.54) is 11.5 Å². The quantitative estimate of drug-likeness (QED) is 0.791. The lowest BCUT2D eigenvalue weighted by Crippen LogP contribution is -2.02. The van der Waals surface area contributed by atoms with E-state index >= 15 is 0 Å². The number of rotatable bonds is 7. The Labute approximate surface area is 122 Å². The fourth-order valence-corrected chi connectivity index (χ4v) is 3.09. The molecule has 2 heterocycles. The van der Waals surface area contributed by atoms with Crippen LogP contribution in [0.2, 0.25) is 0 Å². The molecule has 0 aromatic carbocycles. The Balaban J connectivity index is 1.91. The number of aromatic nitrogens is 3. The second-order valence-electron chi connectivity index (χ2n) is 4.06. The summed E-state index contributed by atoms with van der Waals surface area (Å²) in [5.41, 5.74) is 1.07. The van der Waals surface area contributed by atoms with Gasteiger partial charge in [-0.3, -0.25) is 0 Å². The highest BCUT2D eigenvalue weighted by Crippen LogP contribution is 2.24. The third-order valence-corrected chi connectivity index (χ3v) is 4.38. The van der Waals surface area contributed by atoms with Gasteiger partial charge in [0.15, 0.2) is 4.34 Å². The minimum Gasteiger partial charge on any atom is -0.370 e. The lowest BCUT2D eigenvalue weighted by Gasteiger charge is -2.05.